The number of carbonyl (C=O) groups is 1. The van der Waals surface area contributed by atoms with Gasteiger partial charge in [-0.1, -0.05) is 54.6 Å². The number of nitrogens with one attached hydrogen (secondary N) is 1. The highest BCUT2D eigenvalue weighted by molar-refractivity contribution is 5.79. The quantitative estimate of drug-likeness (QED) is 0.585. The SMILES string of the molecule is COc1cc(C(C)NC(=O)Cc2ccc(-c3ccccc3)cc2)cc(OC)c1OC. The molecule has 0 aliphatic rings. The summed E-state index contributed by atoms with van der Waals surface area (Å²) in [5.41, 5.74) is 4.12. The molecule has 3 aromatic carbocycles. The Bertz CT molecular complexity index is 959. The summed E-state index contributed by atoms with van der Waals surface area (Å²) >= 11 is 0. The number of ether oxygens (including phenoxy) is 3. The lowest BCUT2D eigenvalue weighted by Gasteiger charge is -2.19. The second-order valence-corrected chi connectivity index (χ2v) is 6.99. The zero-order chi connectivity index (χ0) is 21.5. The Kier molecular flexibility index (Phi) is 6.96. The standard InChI is InChI=1S/C25H27NO4/c1-17(21-15-22(28-2)25(30-4)23(16-21)29-3)26-24(27)14-18-10-12-20(13-11-18)19-8-6-5-7-9-19/h5-13,15-17H,14H2,1-4H3,(H,26,27). The third kappa shape index (κ3) is 4.92. The van der Waals surface area contributed by atoms with Crippen LogP contribution in [0.1, 0.15) is 24.1 Å². The molecule has 5 heteroatoms. The van der Waals surface area contributed by atoms with E-state index in [0.29, 0.717) is 23.7 Å². The zero-order valence-electron chi connectivity index (χ0n) is 17.8. The van der Waals surface area contributed by atoms with Crippen molar-refractivity contribution in [3.63, 3.8) is 0 Å². The number of amides is 1. The fourth-order valence-electron chi connectivity index (χ4n) is 3.36. The van der Waals surface area contributed by atoms with E-state index in [1.807, 2.05) is 61.5 Å². The van der Waals surface area contributed by atoms with E-state index in [0.717, 1.165) is 22.3 Å². The van der Waals surface area contributed by atoms with Crippen molar-refractivity contribution in [3.05, 3.63) is 77.9 Å². The van der Waals surface area contributed by atoms with Crippen LogP contribution in [0, 0.1) is 0 Å². The summed E-state index contributed by atoms with van der Waals surface area (Å²) in [4.78, 5) is 12.6. The normalized spacial score (nSPS) is 11.5. The van der Waals surface area contributed by atoms with Gasteiger partial charge in [-0.2, -0.15) is 0 Å². The molecule has 0 aromatic heterocycles. The van der Waals surface area contributed by atoms with Crippen molar-refractivity contribution in [2.24, 2.45) is 0 Å². The molecule has 3 rings (SSSR count). The molecule has 0 spiro atoms. The maximum Gasteiger partial charge on any atom is 0.224 e. The van der Waals surface area contributed by atoms with E-state index in [9.17, 15) is 4.79 Å². The van der Waals surface area contributed by atoms with Crippen LogP contribution in [0.3, 0.4) is 0 Å². The van der Waals surface area contributed by atoms with E-state index >= 15 is 0 Å². The maximum absolute atomic E-state index is 12.6. The third-order valence-corrected chi connectivity index (χ3v) is 4.99. The Balaban J connectivity index is 1.67. The summed E-state index contributed by atoms with van der Waals surface area (Å²) in [6.07, 6.45) is 0.309. The lowest BCUT2D eigenvalue weighted by atomic mass is 10.0. The molecule has 0 bridgehead atoms. The van der Waals surface area contributed by atoms with Crippen molar-refractivity contribution in [1.82, 2.24) is 5.32 Å². The van der Waals surface area contributed by atoms with Crippen molar-refractivity contribution in [3.8, 4) is 28.4 Å². The molecule has 1 N–H and O–H groups in total. The fraction of sp³-hybridized carbons (Fsp3) is 0.240. The first-order chi connectivity index (χ1) is 14.5. The minimum atomic E-state index is -0.213. The minimum absolute atomic E-state index is 0.0521. The number of benzene rings is 3. The zero-order valence-corrected chi connectivity index (χ0v) is 17.8. The molecule has 0 fully saturated rings. The Labute approximate surface area is 177 Å². The average Bonchev–Trinajstić information content (AvgIpc) is 2.78. The predicted octanol–water partition coefficient (Wildman–Crippen LogP) is 4.80. The van der Waals surface area contributed by atoms with Gasteiger partial charge in [-0.15, -0.1) is 0 Å². The van der Waals surface area contributed by atoms with Crippen LogP contribution in [-0.2, 0) is 11.2 Å². The van der Waals surface area contributed by atoms with Crippen LogP contribution < -0.4 is 19.5 Å². The van der Waals surface area contributed by atoms with Crippen LogP contribution in [-0.4, -0.2) is 27.2 Å². The molecule has 30 heavy (non-hydrogen) atoms. The molecular weight excluding hydrogens is 378 g/mol. The Hall–Kier alpha value is -3.47. The highest BCUT2D eigenvalue weighted by Gasteiger charge is 2.17. The molecule has 1 atom stereocenters. The molecule has 0 aliphatic heterocycles. The van der Waals surface area contributed by atoms with Crippen LogP contribution >= 0.6 is 0 Å². The lowest BCUT2D eigenvalue weighted by Crippen LogP contribution is -2.28. The third-order valence-electron chi connectivity index (χ3n) is 4.99. The van der Waals surface area contributed by atoms with E-state index in [4.69, 9.17) is 14.2 Å². The first-order valence-corrected chi connectivity index (χ1v) is 9.79. The molecule has 0 saturated carbocycles. The van der Waals surface area contributed by atoms with E-state index < -0.39 is 0 Å². The van der Waals surface area contributed by atoms with Gasteiger partial charge in [0.2, 0.25) is 11.7 Å². The van der Waals surface area contributed by atoms with Gasteiger partial charge in [-0.3, -0.25) is 4.79 Å². The van der Waals surface area contributed by atoms with Crippen molar-refractivity contribution in [1.29, 1.82) is 0 Å². The van der Waals surface area contributed by atoms with Crippen LogP contribution in [0.4, 0.5) is 0 Å². The summed E-state index contributed by atoms with van der Waals surface area (Å²) < 4.78 is 16.2. The molecule has 0 radical (unpaired) electrons. The van der Waals surface area contributed by atoms with Crippen LogP contribution in [0.15, 0.2) is 66.7 Å². The van der Waals surface area contributed by atoms with Gasteiger partial charge >= 0.3 is 0 Å². The first-order valence-electron chi connectivity index (χ1n) is 9.79. The van der Waals surface area contributed by atoms with Gasteiger partial charge in [-0.25, -0.2) is 0 Å². The Morgan fingerprint density at radius 3 is 1.93 bits per heavy atom. The second kappa shape index (κ2) is 9.83. The molecular formula is C25H27NO4. The van der Waals surface area contributed by atoms with Crippen LogP contribution in [0.5, 0.6) is 17.2 Å². The number of hydrogen-bond donors (Lipinski definition) is 1. The van der Waals surface area contributed by atoms with Gasteiger partial charge in [0.25, 0.3) is 0 Å². The van der Waals surface area contributed by atoms with E-state index in [-0.39, 0.29) is 11.9 Å². The molecule has 156 valence electrons. The maximum atomic E-state index is 12.6. The van der Waals surface area contributed by atoms with Crippen molar-refractivity contribution in [2.45, 2.75) is 19.4 Å². The van der Waals surface area contributed by atoms with Gasteiger partial charge in [-0.05, 0) is 41.3 Å². The summed E-state index contributed by atoms with van der Waals surface area (Å²) in [6, 6.07) is 21.7. The molecule has 0 heterocycles. The Morgan fingerprint density at radius 2 is 1.40 bits per heavy atom. The molecule has 1 unspecified atom stereocenters. The monoisotopic (exact) mass is 405 g/mol. The van der Waals surface area contributed by atoms with Crippen molar-refractivity contribution >= 4 is 5.91 Å². The number of hydrogen-bond acceptors (Lipinski definition) is 4. The van der Waals surface area contributed by atoms with Crippen molar-refractivity contribution < 1.29 is 19.0 Å². The van der Waals surface area contributed by atoms with Gasteiger partial charge in [0.15, 0.2) is 11.5 Å². The van der Waals surface area contributed by atoms with Crippen LogP contribution in [0.2, 0.25) is 0 Å². The first kappa shape index (κ1) is 21.2. The van der Waals surface area contributed by atoms with Gasteiger partial charge in [0.05, 0.1) is 33.8 Å². The predicted molar refractivity (Wildman–Crippen MR) is 118 cm³/mol. The molecule has 5 nitrogen and oxygen atoms in total. The number of carbonyl (C=O) groups excluding carboxylic acids is 1. The van der Waals surface area contributed by atoms with Gasteiger partial charge in [0.1, 0.15) is 0 Å². The smallest absolute Gasteiger partial charge is 0.224 e. The Morgan fingerprint density at radius 1 is 0.833 bits per heavy atom. The molecule has 0 saturated heterocycles. The van der Waals surface area contributed by atoms with E-state index in [1.54, 1.807) is 21.3 Å². The highest BCUT2D eigenvalue weighted by atomic mass is 16.5. The fourth-order valence-corrected chi connectivity index (χ4v) is 3.36. The minimum Gasteiger partial charge on any atom is -0.493 e. The second-order valence-electron chi connectivity index (χ2n) is 6.99. The number of rotatable bonds is 8. The van der Waals surface area contributed by atoms with Gasteiger partial charge in [0, 0.05) is 0 Å². The lowest BCUT2D eigenvalue weighted by molar-refractivity contribution is -0.121. The van der Waals surface area contributed by atoms with Crippen molar-refractivity contribution in [2.75, 3.05) is 21.3 Å². The molecule has 0 aliphatic carbocycles. The van der Waals surface area contributed by atoms with Gasteiger partial charge < -0.3 is 19.5 Å². The molecule has 3 aromatic rings. The topological polar surface area (TPSA) is 56.8 Å². The highest BCUT2D eigenvalue weighted by Crippen LogP contribution is 2.39. The van der Waals surface area contributed by atoms with E-state index in [1.165, 1.54) is 0 Å². The summed E-state index contributed by atoms with van der Waals surface area (Å²) in [7, 11) is 4.71. The largest absolute Gasteiger partial charge is 0.493 e. The summed E-state index contributed by atoms with van der Waals surface area (Å²) in [6.45, 7) is 1.93. The molecule has 1 amide bonds. The number of methoxy groups -OCH3 is 3. The summed E-state index contributed by atoms with van der Waals surface area (Å²) in [5, 5.41) is 3.04. The van der Waals surface area contributed by atoms with Crippen LogP contribution in [0.25, 0.3) is 11.1 Å². The van der Waals surface area contributed by atoms with E-state index in [2.05, 4.69) is 17.4 Å². The summed E-state index contributed by atoms with van der Waals surface area (Å²) in [5.74, 6) is 1.60. The average molecular weight is 405 g/mol.